The van der Waals surface area contributed by atoms with Gasteiger partial charge >= 0.3 is 5.76 Å². The van der Waals surface area contributed by atoms with Crippen molar-refractivity contribution < 1.29 is 4.42 Å². The second kappa shape index (κ2) is 3.99. The number of rotatable bonds is 1. The van der Waals surface area contributed by atoms with E-state index in [4.69, 9.17) is 16.0 Å². The van der Waals surface area contributed by atoms with Gasteiger partial charge in [-0.1, -0.05) is 17.7 Å². The van der Waals surface area contributed by atoms with Gasteiger partial charge < -0.3 is 4.42 Å². The molecule has 0 amide bonds. The Bertz CT molecular complexity index is 789. The van der Waals surface area contributed by atoms with E-state index in [2.05, 4.69) is 9.97 Å². The Balaban J connectivity index is 2.21. The van der Waals surface area contributed by atoms with Crippen molar-refractivity contribution in [2.24, 2.45) is 0 Å². The maximum atomic E-state index is 11.1. The molecule has 3 rings (SSSR count). The Morgan fingerprint density at radius 2 is 2.17 bits per heavy atom. The van der Waals surface area contributed by atoms with Gasteiger partial charge in [0.05, 0.1) is 5.52 Å². The number of aromatic nitrogens is 2. The minimum atomic E-state index is -0.451. The van der Waals surface area contributed by atoms with Crippen LogP contribution in [0.1, 0.15) is 5.56 Å². The molecule has 0 bridgehead atoms. The monoisotopic (exact) mass is 260 g/mol. The SMILES string of the molecule is Cc1cc(Cl)ncc1-c1ccc2[nH]c(=O)oc2c1. The van der Waals surface area contributed by atoms with Gasteiger partial charge in [0, 0.05) is 11.8 Å². The van der Waals surface area contributed by atoms with Crippen molar-refractivity contribution in [3.8, 4) is 11.1 Å². The van der Waals surface area contributed by atoms with E-state index in [9.17, 15) is 4.79 Å². The molecule has 3 aromatic rings. The van der Waals surface area contributed by atoms with Crippen LogP contribution in [0.2, 0.25) is 5.15 Å². The summed E-state index contributed by atoms with van der Waals surface area (Å²) in [4.78, 5) is 17.8. The van der Waals surface area contributed by atoms with Crippen molar-refractivity contribution in [1.29, 1.82) is 0 Å². The minimum Gasteiger partial charge on any atom is -0.408 e. The molecule has 2 aromatic heterocycles. The fourth-order valence-corrected chi connectivity index (χ4v) is 2.15. The molecule has 0 unspecified atom stereocenters. The third-order valence-corrected chi connectivity index (χ3v) is 3.02. The van der Waals surface area contributed by atoms with Crippen molar-refractivity contribution in [2.45, 2.75) is 6.92 Å². The van der Waals surface area contributed by atoms with Gasteiger partial charge in [0.1, 0.15) is 5.15 Å². The van der Waals surface area contributed by atoms with E-state index in [0.29, 0.717) is 16.3 Å². The summed E-state index contributed by atoms with van der Waals surface area (Å²) >= 11 is 5.83. The summed E-state index contributed by atoms with van der Waals surface area (Å²) in [6.45, 7) is 1.96. The first-order valence-electron chi connectivity index (χ1n) is 5.39. The predicted molar refractivity (Wildman–Crippen MR) is 69.8 cm³/mol. The molecule has 0 spiro atoms. The largest absolute Gasteiger partial charge is 0.417 e. The van der Waals surface area contributed by atoms with E-state index >= 15 is 0 Å². The Hall–Kier alpha value is -2.07. The number of fused-ring (bicyclic) bond motifs is 1. The number of pyridine rings is 1. The molecule has 4 nitrogen and oxygen atoms in total. The molecule has 18 heavy (non-hydrogen) atoms. The summed E-state index contributed by atoms with van der Waals surface area (Å²) in [5.41, 5.74) is 4.14. The summed E-state index contributed by atoms with van der Waals surface area (Å²) in [5, 5.41) is 0.463. The molecular weight excluding hydrogens is 252 g/mol. The zero-order valence-electron chi connectivity index (χ0n) is 9.53. The molecule has 0 fully saturated rings. The minimum absolute atomic E-state index is 0.451. The van der Waals surface area contributed by atoms with Gasteiger partial charge in [0.2, 0.25) is 0 Å². The molecule has 5 heteroatoms. The summed E-state index contributed by atoms with van der Waals surface area (Å²) in [6, 6.07) is 7.33. The van der Waals surface area contributed by atoms with Crippen LogP contribution in [0.4, 0.5) is 0 Å². The third kappa shape index (κ3) is 1.80. The fraction of sp³-hybridized carbons (Fsp3) is 0.0769. The summed E-state index contributed by atoms with van der Waals surface area (Å²) in [6.07, 6.45) is 1.71. The molecule has 0 atom stereocenters. The van der Waals surface area contributed by atoms with Gasteiger partial charge in [-0.25, -0.2) is 9.78 Å². The standard InChI is InChI=1S/C13H9ClN2O2/c1-7-4-12(14)15-6-9(7)8-2-3-10-11(5-8)18-13(17)16-10/h2-6H,1H3,(H,16,17). The molecule has 2 heterocycles. The first-order chi connectivity index (χ1) is 8.63. The summed E-state index contributed by atoms with van der Waals surface area (Å²) in [5.74, 6) is -0.451. The lowest BCUT2D eigenvalue weighted by molar-refractivity contribution is 0.555. The van der Waals surface area contributed by atoms with Gasteiger partial charge in [-0.2, -0.15) is 0 Å². The average Bonchev–Trinajstić information content (AvgIpc) is 2.68. The molecule has 0 aliphatic rings. The molecular formula is C13H9ClN2O2. The van der Waals surface area contributed by atoms with Gasteiger partial charge in [-0.15, -0.1) is 0 Å². The Morgan fingerprint density at radius 1 is 1.33 bits per heavy atom. The normalized spacial score (nSPS) is 11.0. The molecule has 0 radical (unpaired) electrons. The molecule has 0 aliphatic carbocycles. The lowest BCUT2D eigenvalue weighted by Gasteiger charge is -2.05. The number of nitrogens with one attached hydrogen (secondary N) is 1. The second-order valence-electron chi connectivity index (χ2n) is 4.05. The summed E-state index contributed by atoms with van der Waals surface area (Å²) < 4.78 is 5.04. The van der Waals surface area contributed by atoms with Crippen molar-refractivity contribution >= 4 is 22.7 Å². The van der Waals surface area contributed by atoms with E-state index in [1.165, 1.54) is 0 Å². The van der Waals surface area contributed by atoms with Crippen LogP contribution in [0.5, 0.6) is 0 Å². The zero-order valence-corrected chi connectivity index (χ0v) is 10.3. The predicted octanol–water partition coefficient (Wildman–Crippen LogP) is 3.14. The fourth-order valence-electron chi connectivity index (χ4n) is 1.94. The zero-order chi connectivity index (χ0) is 12.7. The van der Waals surface area contributed by atoms with E-state index in [0.717, 1.165) is 16.7 Å². The highest BCUT2D eigenvalue weighted by atomic mass is 35.5. The Kier molecular flexibility index (Phi) is 2.45. The first kappa shape index (κ1) is 11.0. The molecule has 90 valence electrons. The van der Waals surface area contributed by atoms with Gasteiger partial charge in [-0.05, 0) is 36.2 Å². The third-order valence-electron chi connectivity index (χ3n) is 2.81. The van der Waals surface area contributed by atoms with Crippen molar-refractivity contribution in [3.05, 3.63) is 51.7 Å². The second-order valence-corrected chi connectivity index (χ2v) is 4.43. The highest BCUT2D eigenvalue weighted by Gasteiger charge is 2.07. The first-order valence-corrected chi connectivity index (χ1v) is 5.77. The van der Waals surface area contributed by atoms with Crippen LogP contribution < -0.4 is 5.76 Å². The van der Waals surface area contributed by atoms with Crippen LogP contribution in [0, 0.1) is 6.92 Å². The van der Waals surface area contributed by atoms with Crippen molar-refractivity contribution in [1.82, 2.24) is 9.97 Å². The highest BCUT2D eigenvalue weighted by molar-refractivity contribution is 6.29. The number of hydrogen-bond acceptors (Lipinski definition) is 3. The number of H-pyrrole nitrogens is 1. The highest BCUT2D eigenvalue weighted by Crippen LogP contribution is 2.26. The number of halogens is 1. The van der Waals surface area contributed by atoms with Crippen LogP contribution >= 0.6 is 11.6 Å². The van der Waals surface area contributed by atoms with E-state index in [1.807, 2.05) is 25.1 Å². The number of aryl methyl sites for hydroxylation is 1. The summed E-state index contributed by atoms with van der Waals surface area (Å²) in [7, 11) is 0. The van der Waals surface area contributed by atoms with Crippen LogP contribution in [0.3, 0.4) is 0 Å². The van der Waals surface area contributed by atoms with Gasteiger partial charge in [0.15, 0.2) is 5.58 Å². The van der Waals surface area contributed by atoms with Crippen molar-refractivity contribution in [2.75, 3.05) is 0 Å². The maximum absolute atomic E-state index is 11.1. The topological polar surface area (TPSA) is 58.9 Å². The molecule has 0 saturated carbocycles. The Morgan fingerprint density at radius 3 is 2.94 bits per heavy atom. The average molecular weight is 261 g/mol. The number of benzene rings is 1. The van der Waals surface area contributed by atoms with E-state index < -0.39 is 5.76 Å². The maximum Gasteiger partial charge on any atom is 0.417 e. The lowest BCUT2D eigenvalue weighted by Crippen LogP contribution is -1.92. The van der Waals surface area contributed by atoms with Crippen LogP contribution in [0.15, 0.2) is 39.7 Å². The Labute approximate surface area is 107 Å². The quantitative estimate of drug-likeness (QED) is 0.684. The molecule has 1 N–H and O–H groups in total. The van der Waals surface area contributed by atoms with Gasteiger partial charge in [-0.3, -0.25) is 4.98 Å². The number of nitrogens with zero attached hydrogens (tertiary/aromatic N) is 1. The van der Waals surface area contributed by atoms with Crippen LogP contribution in [-0.4, -0.2) is 9.97 Å². The van der Waals surface area contributed by atoms with Gasteiger partial charge in [0.25, 0.3) is 0 Å². The lowest BCUT2D eigenvalue weighted by atomic mass is 10.0. The molecule has 1 aromatic carbocycles. The van der Waals surface area contributed by atoms with Crippen LogP contribution in [0.25, 0.3) is 22.2 Å². The molecule has 0 saturated heterocycles. The molecule has 0 aliphatic heterocycles. The number of hydrogen-bond donors (Lipinski definition) is 1. The van der Waals surface area contributed by atoms with Crippen molar-refractivity contribution in [3.63, 3.8) is 0 Å². The van der Waals surface area contributed by atoms with E-state index in [1.54, 1.807) is 12.3 Å². The smallest absolute Gasteiger partial charge is 0.408 e. The van der Waals surface area contributed by atoms with Crippen LogP contribution in [-0.2, 0) is 0 Å². The van der Waals surface area contributed by atoms with E-state index in [-0.39, 0.29) is 0 Å². The number of oxazole rings is 1. The number of aromatic amines is 1.